The quantitative estimate of drug-likeness (QED) is 0.796. The van der Waals surface area contributed by atoms with Gasteiger partial charge in [0.1, 0.15) is 11.5 Å². The van der Waals surface area contributed by atoms with Crippen molar-refractivity contribution in [3.63, 3.8) is 0 Å². The number of hydrogen-bond acceptors (Lipinski definition) is 2. The molecule has 0 aliphatic carbocycles. The van der Waals surface area contributed by atoms with Gasteiger partial charge in [-0.2, -0.15) is 0 Å². The smallest absolute Gasteiger partial charge is 0.133 e. The summed E-state index contributed by atoms with van der Waals surface area (Å²) in [5.74, 6) is 1.72. The van der Waals surface area contributed by atoms with Gasteiger partial charge in [-0.15, -0.1) is 0 Å². The third-order valence-electron chi connectivity index (χ3n) is 3.54. The molecule has 0 fully saturated rings. The standard InChI is InChI=1S/C18H22ClNO/c1-5-20-14(4)15-6-8-17(9-7-15)21-18-12(2)10-16(19)11-13(18)3/h6-11,14,20H,5H2,1-4H3. The first kappa shape index (κ1) is 15.9. The van der Waals surface area contributed by atoms with Crippen LogP contribution < -0.4 is 10.1 Å². The summed E-state index contributed by atoms with van der Waals surface area (Å²) in [7, 11) is 0. The highest BCUT2D eigenvalue weighted by molar-refractivity contribution is 6.30. The van der Waals surface area contributed by atoms with E-state index in [-0.39, 0.29) is 0 Å². The summed E-state index contributed by atoms with van der Waals surface area (Å²) in [6.45, 7) is 9.25. The highest BCUT2D eigenvalue weighted by atomic mass is 35.5. The van der Waals surface area contributed by atoms with E-state index in [4.69, 9.17) is 16.3 Å². The molecule has 0 saturated heterocycles. The first-order chi connectivity index (χ1) is 10.0. The molecule has 2 rings (SSSR count). The summed E-state index contributed by atoms with van der Waals surface area (Å²) in [5.41, 5.74) is 3.35. The molecule has 0 amide bonds. The van der Waals surface area contributed by atoms with Crippen LogP contribution in [0, 0.1) is 13.8 Å². The third kappa shape index (κ3) is 3.99. The van der Waals surface area contributed by atoms with E-state index in [2.05, 4.69) is 31.3 Å². The van der Waals surface area contributed by atoms with Gasteiger partial charge >= 0.3 is 0 Å². The zero-order chi connectivity index (χ0) is 15.4. The molecule has 112 valence electrons. The van der Waals surface area contributed by atoms with Crippen LogP contribution >= 0.6 is 11.6 Å². The minimum absolute atomic E-state index is 0.350. The Morgan fingerprint density at radius 2 is 1.67 bits per heavy atom. The molecule has 0 bridgehead atoms. The van der Waals surface area contributed by atoms with Gasteiger partial charge in [0.25, 0.3) is 0 Å². The Balaban J connectivity index is 2.17. The lowest BCUT2D eigenvalue weighted by Gasteiger charge is -2.15. The molecule has 2 aromatic carbocycles. The summed E-state index contributed by atoms with van der Waals surface area (Å²) in [6, 6.07) is 12.4. The predicted octanol–water partition coefficient (Wildman–Crippen LogP) is 5.42. The molecule has 0 spiro atoms. The maximum Gasteiger partial charge on any atom is 0.133 e. The van der Waals surface area contributed by atoms with E-state index in [1.165, 1.54) is 5.56 Å². The van der Waals surface area contributed by atoms with E-state index < -0.39 is 0 Å². The number of hydrogen-bond donors (Lipinski definition) is 1. The molecule has 3 heteroatoms. The van der Waals surface area contributed by atoms with E-state index in [0.717, 1.165) is 34.2 Å². The Morgan fingerprint density at radius 3 is 2.19 bits per heavy atom. The Morgan fingerprint density at radius 1 is 1.10 bits per heavy atom. The second-order valence-corrected chi connectivity index (χ2v) is 5.76. The monoisotopic (exact) mass is 303 g/mol. The van der Waals surface area contributed by atoms with Crippen LogP contribution in [0.25, 0.3) is 0 Å². The Kier molecular flexibility index (Phi) is 5.27. The van der Waals surface area contributed by atoms with Crippen molar-refractivity contribution in [2.45, 2.75) is 33.7 Å². The second kappa shape index (κ2) is 6.97. The molecule has 1 atom stereocenters. The lowest BCUT2D eigenvalue weighted by atomic mass is 10.1. The summed E-state index contributed by atoms with van der Waals surface area (Å²) < 4.78 is 6.01. The van der Waals surface area contributed by atoms with Gasteiger partial charge in [0.05, 0.1) is 0 Å². The molecule has 21 heavy (non-hydrogen) atoms. The second-order valence-electron chi connectivity index (χ2n) is 5.32. The van der Waals surface area contributed by atoms with Crippen molar-refractivity contribution in [2.24, 2.45) is 0 Å². The minimum atomic E-state index is 0.350. The number of rotatable bonds is 5. The third-order valence-corrected chi connectivity index (χ3v) is 3.75. The highest BCUT2D eigenvalue weighted by Gasteiger charge is 2.08. The Bertz CT molecular complexity index is 584. The number of benzene rings is 2. The van der Waals surface area contributed by atoms with E-state index in [0.29, 0.717) is 6.04 Å². The molecule has 2 aromatic rings. The van der Waals surface area contributed by atoms with Gasteiger partial charge < -0.3 is 10.1 Å². The minimum Gasteiger partial charge on any atom is -0.457 e. The van der Waals surface area contributed by atoms with E-state index >= 15 is 0 Å². The van der Waals surface area contributed by atoms with Crippen LogP contribution in [0.1, 0.15) is 36.6 Å². The fraction of sp³-hybridized carbons (Fsp3) is 0.333. The normalized spacial score (nSPS) is 12.2. The average Bonchev–Trinajstić information content (AvgIpc) is 2.43. The Hall–Kier alpha value is -1.51. The van der Waals surface area contributed by atoms with Crippen molar-refractivity contribution in [1.82, 2.24) is 5.32 Å². The van der Waals surface area contributed by atoms with Crippen molar-refractivity contribution in [2.75, 3.05) is 6.54 Å². The van der Waals surface area contributed by atoms with Gasteiger partial charge in [-0.25, -0.2) is 0 Å². The summed E-state index contributed by atoms with van der Waals surface area (Å²) in [6.07, 6.45) is 0. The molecule has 0 heterocycles. The topological polar surface area (TPSA) is 21.3 Å². The largest absolute Gasteiger partial charge is 0.457 e. The van der Waals surface area contributed by atoms with E-state index in [1.807, 2.05) is 38.1 Å². The van der Waals surface area contributed by atoms with Crippen LogP contribution in [-0.4, -0.2) is 6.54 Å². The molecular formula is C18H22ClNO. The molecule has 0 aliphatic heterocycles. The van der Waals surface area contributed by atoms with Gasteiger partial charge in [-0.3, -0.25) is 0 Å². The number of halogens is 1. The molecule has 0 radical (unpaired) electrons. The number of aryl methyl sites for hydroxylation is 2. The fourth-order valence-corrected chi connectivity index (χ4v) is 2.75. The van der Waals surface area contributed by atoms with Crippen molar-refractivity contribution in [3.05, 3.63) is 58.1 Å². The zero-order valence-electron chi connectivity index (χ0n) is 13.0. The van der Waals surface area contributed by atoms with Crippen LogP contribution in [0.4, 0.5) is 0 Å². The van der Waals surface area contributed by atoms with Crippen molar-refractivity contribution >= 4 is 11.6 Å². The molecule has 1 N–H and O–H groups in total. The van der Waals surface area contributed by atoms with Crippen molar-refractivity contribution in [3.8, 4) is 11.5 Å². The summed E-state index contributed by atoms with van der Waals surface area (Å²) in [4.78, 5) is 0. The van der Waals surface area contributed by atoms with E-state index in [9.17, 15) is 0 Å². The average molecular weight is 304 g/mol. The zero-order valence-corrected chi connectivity index (χ0v) is 13.8. The maximum atomic E-state index is 6.05. The number of nitrogens with one attached hydrogen (secondary N) is 1. The lowest BCUT2D eigenvalue weighted by molar-refractivity contribution is 0.474. The van der Waals surface area contributed by atoms with Gasteiger partial charge in [0.15, 0.2) is 0 Å². The molecule has 2 nitrogen and oxygen atoms in total. The van der Waals surface area contributed by atoms with E-state index in [1.54, 1.807) is 0 Å². The maximum absolute atomic E-state index is 6.05. The lowest BCUT2D eigenvalue weighted by Crippen LogP contribution is -2.17. The van der Waals surface area contributed by atoms with Crippen LogP contribution in [0.15, 0.2) is 36.4 Å². The van der Waals surface area contributed by atoms with Crippen molar-refractivity contribution in [1.29, 1.82) is 0 Å². The van der Waals surface area contributed by atoms with Crippen LogP contribution in [0.3, 0.4) is 0 Å². The molecular weight excluding hydrogens is 282 g/mol. The summed E-state index contributed by atoms with van der Waals surface area (Å²) in [5, 5.41) is 4.14. The van der Waals surface area contributed by atoms with Gasteiger partial charge in [0, 0.05) is 11.1 Å². The Labute approximate surface area is 132 Å². The predicted molar refractivity (Wildman–Crippen MR) is 89.5 cm³/mol. The first-order valence-corrected chi connectivity index (χ1v) is 7.67. The molecule has 0 aliphatic rings. The van der Waals surface area contributed by atoms with Crippen LogP contribution in [0.2, 0.25) is 5.02 Å². The first-order valence-electron chi connectivity index (χ1n) is 7.29. The molecule has 0 saturated carbocycles. The van der Waals surface area contributed by atoms with Crippen molar-refractivity contribution < 1.29 is 4.74 Å². The fourth-order valence-electron chi connectivity index (χ4n) is 2.42. The highest BCUT2D eigenvalue weighted by Crippen LogP contribution is 2.31. The van der Waals surface area contributed by atoms with Gasteiger partial charge in [-0.1, -0.05) is 30.7 Å². The van der Waals surface area contributed by atoms with Crippen LogP contribution in [-0.2, 0) is 0 Å². The van der Waals surface area contributed by atoms with Gasteiger partial charge in [-0.05, 0) is 68.3 Å². The summed E-state index contributed by atoms with van der Waals surface area (Å²) >= 11 is 6.05. The van der Waals surface area contributed by atoms with Gasteiger partial charge in [0.2, 0.25) is 0 Å². The van der Waals surface area contributed by atoms with Crippen LogP contribution in [0.5, 0.6) is 11.5 Å². The molecule has 1 unspecified atom stereocenters. The number of ether oxygens (including phenoxy) is 1. The SMILES string of the molecule is CCNC(C)c1ccc(Oc2c(C)cc(Cl)cc2C)cc1. The molecule has 0 aromatic heterocycles.